The first-order valence-electron chi connectivity index (χ1n) is 8.21. The molecule has 1 aliphatic heterocycles. The van der Waals surface area contributed by atoms with Crippen molar-refractivity contribution < 1.29 is 18.4 Å². The van der Waals surface area contributed by atoms with Crippen molar-refractivity contribution in [3.8, 4) is 6.19 Å². The maximum atomic E-state index is 13.7. The molecule has 1 heterocycles. The summed E-state index contributed by atoms with van der Waals surface area (Å²) in [6.45, 7) is 0.827. The highest BCUT2D eigenvalue weighted by molar-refractivity contribution is 6.04. The fourth-order valence-corrected chi connectivity index (χ4v) is 2.93. The summed E-state index contributed by atoms with van der Waals surface area (Å²) in [5.41, 5.74) is 1.83. The van der Waals surface area contributed by atoms with Crippen LogP contribution in [0.2, 0.25) is 0 Å². The number of hydrogen-bond acceptors (Lipinski definition) is 4. The molecule has 0 unspecified atom stereocenters. The van der Waals surface area contributed by atoms with Gasteiger partial charge in [0.2, 0.25) is 0 Å². The summed E-state index contributed by atoms with van der Waals surface area (Å²) < 4.78 is 27.4. The van der Waals surface area contributed by atoms with Crippen LogP contribution in [0.1, 0.15) is 22.3 Å². The predicted molar refractivity (Wildman–Crippen MR) is 95.5 cm³/mol. The maximum Gasteiger partial charge on any atom is 0.261 e. The molecule has 0 aliphatic carbocycles. The second-order valence-electron chi connectivity index (χ2n) is 6.02. The highest BCUT2D eigenvalue weighted by Crippen LogP contribution is 2.26. The predicted octanol–water partition coefficient (Wildman–Crippen LogP) is 3.36. The third-order valence-electron chi connectivity index (χ3n) is 4.35. The van der Waals surface area contributed by atoms with Crippen molar-refractivity contribution in [2.75, 3.05) is 18.4 Å². The number of amides is 1. The second kappa shape index (κ2) is 7.79. The number of carbonyl (C=O) groups is 2. The number of carbonyl (C=O) groups excluding carboxylic acids is 2. The fraction of sp³-hybridized carbons (Fsp3) is 0.150. The van der Waals surface area contributed by atoms with Crippen molar-refractivity contribution in [1.82, 2.24) is 4.90 Å². The number of nitrogens with one attached hydrogen (secondary N) is 1. The van der Waals surface area contributed by atoms with E-state index in [2.05, 4.69) is 11.5 Å². The Bertz CT molecular complexity index is 942. The quantitative estimate of drug-likeness (QED) is 0.664. The third-order valence-corrected chi connectivity index (χ3v) is 4.35. The van der Waals surface area contributed by atoms with Crippen LogP contribution < -0.4 is 5.32 Å². The van der Waals surface area contributed by atoms with Gasteiger partial charge in [-0.2, -0.15) is 5.26 Å². The minimum absolute atomic E-state index is 0.330. The van der Waals surface area contributed by atoms with Crippen molar-refractivity contribution in [3.63, 3.8) is 0 Å². The molecule has 1 N–H and O–H groups in total. The molecule has 7 heteroatoms. The summed E-state index contributed by atoms with van der Waals surface area (Å²) in [6.07, 6.45) is 3.35. The number of halogens is 2. The molecule has 1 amide bonds. The largest absolute Gasteiger partial charge is 0.322 e. The van der Waals surface area contributed by atoms with Gasteiger partial charge < -0.3 is 10.2 Å². The summed E-state index contributed by atoms with van der Waals surface area (Å²) in [5, 5.41) is 11.5. The van der Waals surface area contributed by atoms with Crippen LogP contribution in [0.25, 0.3) is 5.57 Å². The molecule has 27 heavy (non-hydrogen) atoms. The molecule has 1 aliphatic rings. The number of benzene rings is 2. The fourth-order valence-electron chi connectivity index (χ4n) is 2.93. The molecule has 0 bridgehead atoms. The standard InChI is InChI=1S/C20H15F2N3O2/c21-17-2-1-3-18(22)19(17)20(27)24-15-6-4-13(5-7-15)16-10-25(12-23)9-8-14(16)11-26/h1-7,11H,8-10H2,(H,24,27). The molecular weight excluding hydrogens is 352 g/mol. The van der Waals surface area contributed by atoms with E-state index >= 15 is 0 Å². The van der Waals surface area contributed by atoms with E-state index in [9.17, 15) is 18.4 Å². The molecule has 0 radical (unpaired) electrons. The minimum Gasteiger partial charge on any atom is -0.322 e. The number of nitriles is 1. The number of rotatable bonds is 4. The van der Waals surface area contributed by atoms with Crippen LogP contribution in [0.4, 0.5) is 14.5 Å². The lowest BCUT2D eigenvalue weighted by molar-refractivity contribution is -0.105. The Labute approximate surface area is 154 Å². The van der Waals surface area contributed by atoms with E-state index in [1.54, 1.807) is 29.2 Å². The zero-order valence-electron chi connectivity index (χ0n) is 14.2. The van der Waals surface area contributed by atoms with Crippen molar-refractivity contribution in [1.29, 1.82) is 5.26 Å². The molecule has 136 valence electrons. The lowest BCUT2D eigenvalue weighted by Crippen LogP contribution is -2.27. The lowest BCUT2D eigenvalue weighted by Gasteiger charge is -2.25. The SMILES string of the molecule is N#CN1CCC(C=O)=C(c2ccc(NC(=O)c3c(F)cccc3F)cc2)C1. The molecule has 3 rings (SSSR count). The van der Waals surface area contributed by atoms with Gasteiger partial charge in [-0.1, -0.05) is 18.2 Å². The van der Waals surface area contributed by atoms with Crippen molar-refractivity contribution in [3.05, 3.63) is 70.8 Å². The molecule has 0 spiro atoms. The molecule has 0 saturated carbocycles. The molecule has 0 aromatic heterocycles. The smallest absolute Gasteiger partial charge is 0.261 e. The summed E-state index contributed by atoms with van der Waals surface area (Å²) in [6, 6.07) is 9.74. The topological polar surface area (TPSA) is 73.2 Å². The summed E-state index contributed by atoms with van der Waals surface area (Å²) in [7, 11) is 0. The monoisotopic (exact) mass is 367 g/mol. The van der Waals surface area contributed by atoms with Gasteiger partial charge in [0.05, 0.1) is 6.54 Å². The zero-order chi connectivity index (χ0) is 19.4. The first-order chi connectivity index (χ1) is 13.0. The van der Waals surface area contributed by atoms with Crippen molar-refractivity contribution >= 4 is 23.5 Å². The first kappa shape index (κ1) is 18.3. The first-order valence-corrected chi connectivity index (χ1v) is 8.21. The van der Waals surface area contributed by atoms with Gasteiger partial charge in [0.15, 0.2) is 6.19 Å². The van der Waals surface area contributed by atoms with Crippen LogP contribution in [0, 0.1) is 23.1 Å². The van der Waals surface area contributed by atoms with E-state index in [1.165, 1.54) is 6.07 Å². The Kier molecular flexibility index (Phi) is 5.27. The van der Waals surface area contributed by atoms with Gasteiger partial charge >= 0.3 is 0 Å². The van der Waals surface area contributed by atoms with Gasteiger partial charge in [-0.25, -0.2) is 8.78 Å². The second-order valence-corrected chi connectivity index (χ2v) is 6.02. The van der Waals surface area contributed by atoms with Gasteiger partial charge in [-0.3, -0.25) is 9.59 Å². The molecule has 2 aromatic rings. The van der Waals surface area contributed by atoms with Gasteiger partial charge in [0.25, 0.3) is 5.91 Å². The Morgan fingerprint density at radius 1 is 1.15 bits per heavy atom. The number of anilines is 1. The van der Waals surface area contributed by atoms with Gasteiger partial charge in [0, 0.05) is 12.2 Å². The lowest BCUT2D eigenvalue weighted by atomic mass is 9.95. The highest BCUT2D eigenvalue weighted by Gasteiger charge is 2.20. The van der Waals surface area contributed by atoms with Gasteiger partial charge in [-0.15, -0.1) is 0 Å². The van der Waals surface area contributed by atoms with E-state index in [1.807, 2.05) is 0 Å². The number of aldehydes is 1. The Hall–Kier alpha value is -3.53. The average Bonchev–Trinajstić information content (AvgIpc) is 2.68. The van der Waals surface area contributed by atoms with Crippen molar-refractivity contribution in [2.45, 2.75) is 6.42 Å². The molecule has 0 saturated heterocycles. The third kappa shape index (κ3) is 3.85. The van der Waals surface area contributed by atoms with Crippen LogP contribution in [0.3, 0.4) is 0 Å². The summed E-state index contributed by atoms with van der Waals surface area (Å²) >= 11 is 0. The van der Waals surface area contributed by atoms with E-state index in [4.69, 9.17) is 5.26 Å². The van der Waals surface area contributed by atoms with E-state index < -0.39 is 23.1 Å². The summed E-state index contributed by atoms with van der Waals surface area (Å²) in [4.78, 5) is 25.0. The molecule has 2 aromatic carbocycles. The van der Waals surface area contributed by atoms with Crippen LogP contribution in [0.15, 0.2) is 48.0 Å². The average molecular weight is 367 g/mol. The molecule has 5 nitrogen and oxygen atoms in total. The zero-order valence-corrected chi connectivity index (χ0v) is 14.2. The molecular formula is C20H15F2N3O2. The van der Waals surface area contributed by atoms with Crippen LogP contribution in [-0.4, -0.2) is 30.2 Å². The van der Waals surface area contributed by atoms with Gasteiger partial charge in [0.1, 0.15) is 23.5 Å². The Morgan fingerprint density at radius 2 is 1.81 bits per heavy atom. The highest BCUT2D eigenvalue weighted by atomic mass is 19.1. The van der Waals surface area contributed by atoms with Crippen molar-refractivity contribution in [2.24, 2.45) is 0 Å². The Balaban J connectivity index is 1.81. The van der Waals surface area contributed by atoms with E-state index in [-0.39, 0.29) is 0 Å². The summed E-state index contributed by atoms with van der Waals surface area (Å²) in [5.74, 6) is -2.77. The van der Waals surface area contributed by atoms with E-state index in [0.717, 1.165) is 29.6 Å². The molecule has 0 atom stereocenters. The Morgan fingerprint density at radius 3 is 2.41 bits per heavy atom. The molecule has 0 fully saturated rings. The van der Waals surface area contributed by atoms with Crippen LogP contribution in [0.5, 0.6) is 0 Å². The normalized spacial score (nSPS) is 13.9. The van der Waals surface area contributed by atoms with Gasteiger partial charge in [-0.05, 0) is 47.4 Å². The number of hydrogen-bond donors (Lipinski definition) is 1. The van der Waals surface area contributed by atoms with Crippen LogP contribution >= 0.6 is 0 Å². The maximum absolute atomic E-state index is 13.7. The number of nitrogens with zero attached hydrogens (tertiary/aromatic N) is 2. The minimum atomic E-state index is -0.941. The van der Waals surface area contributed by atoms with E-state index in [0.29, 0.717) is 30.8 Å². The van der Waals surface area contributed by atoms with Crippen LogP contribution in [-0.2, 0) is 4.79 Å².